The first-order chi connectivity index (χ1) is 14.1. The van der Waals surface area contributed by atoms with Crippen LogP contribution in [0.15, 0.2) is 41.3 Å². The standard InChI is InChI=1S/C19H20ClN5O3S/c20-16-4-3-13(29-16)11-21-17-10-15(22-23-17)14-2-1-5-25(19(14)27)12-18(26)24-6-8-28-9-7-24/h1-5,10H,6-9,11-12H2,(H2,21,22,23). The molecule has 0 bridgehead atoms. The summed E-state index contributed by atoms with van der Waals surface area (Å²) in [5.41, 5.74) is 0.811. The zero-order valence-corrected chi connectivity index (χ0v) is 17.1. The second-order valence-electron chi connectivity index (χ2n) is 6.57. The molecular formula is C19H20ClN5O3S. The molecule has 4 rings (SSSR count). The van der Waals surface area contributed by atoms with E-state index in [2.05, 4.69) is 15.5 Å². The number of H-pyrrole nitrogens is 1. The zero-order chi connectivity index (χ0) is 20.2. The topological polar surface area (TPSA) is 92.2 Å². The molecule has 2 N–H and O–H groups in total. The van der Waals surface area contributed by atoms with Gasteiger partial charge in [-0.05, 0) is 24.3 Å². The van der Waals surface area contributed by atoms with Crippen LogP contribution in [0.1, 0.15) is 4.88 Å². The molecule has 10 heteroatoms. The highest BCUT2D eigenvalue weighted by atomic mass is 35.5. The Hall–Kier alpha value is -2.62. The number of carbonyl (C=O) groups is 1. The van der Waals surface area contributed by atoms with E-state index in [1.165, 1.54) is 15.9 Å². The van der Waals surface area contributed by atoms with Crippen LogP contribution in [-0.2, 0) is 22.6 Å². The number of anilines is 1. The molecule has 0 saturated carbocycles. The number of hydrogen-bond acceptors (Lipinski definition) is 6. The van der Waals surface area contributed by atoms with Crippen molar-refractivity contribution in [1.29, 1.82) is 0 Å². The fourth-order valence-corrected chi connectivity index (χ4v) is 4.13. The van der Waals surface area contributed by atoms with Crippen LogP contribution in [0.4, 0.5) is 5.82 Å². The van der Waals surface area contributed by atoms with Gasteiger partial charge in [-0.2, -0.15) is 5.10 Å². The Kier molecular flexibility index (Phi) is 5.98. The largest absolute Gasteiger partial charge is 0.378 e. The van der Waals surface area contributed by atoms with Crippen LogP contribution in [0.5, 0.6) is 0 Å². The summed E-state index contributed by atoms with van der Waals surface area (Å²) in [6.45, 7) is 2.76. The lowest BCUT2D eigenvalue weighted by Gasteiger charge is -2.27. The number of nitrogens with zero attached hydrogens (tertiary/aromatic N) is 3. The molecule has 152 valence electrons. The smallest absolute Gasteiger partial charge is 0.260 e. The van der Waals surface area contributed by atoms with Crippen molar-refractivity contribution in [2.75, 3.05) is 31.6 Å². The summed E-state index contributed by atoms with van der Waals surface area (Å²) in [6, 6.07) is 9.05. The minimum absolute atomic E-state index is 0.00501. The number of ether oxygens (including phenoxy) is 1. The lowest BCUT2D eigenvalue weighted by Crippen LogP contribution is -2.43. The number of halogens is 1. The molecule has 0 aliphatic carbocycles. The SMILES string of the molecule is O=C(Cn1cccc(-c2cc(NCc3ccc(Cl)s3)n[nH]2)c1=O)N1CCOCC1. The van der Waals surface area contributed by atoms with Gasteiger partial charge in [-0.15, -0.1) is 11.3 Å². The Morgan fingerprint density at radius 3 is 2.90 bits per heavy atom. The Labute approximate surface area is 176 Å². The van der Waals surface area contributed by atoms with Gasteiger partial charge in [0, 0.05) is 30.2 Å². The third-order valence-corrected chi connectivity index (χ3v) is 5.86. The van der Waals surface area contributed by atoms with Crippen molar-refractivity contribution >= 4 is 34.7 Å². The summed E-state index contributed by atoms with van der Waals surface area (Å²) in [5, 5.41) is 10.3. The predicted molar refractivity (Wildman–Crippen MR) is 112 cm³/mol. The average Bonchev–Trinajstić information content (AvgIpc) is 3.37. The Bertz CT molecular complexity index is 1050. The Balaban J connectivity index is 1.46. The average molecular weight is 434 g/mol. The lowest BCUT2D eigenvalue weighted by molar-refractivity contribution is -0.135. The highest BCUT2D eigenvalue weighted by Crippen LogP contribution is 2.23. The summed E-state index contributed by atoms with van der Waals surface area (Å²) in [5.74, 6) is 0.540. The highest BCUT2D eigenvalue weighted by Gasteiger charge is 2.18. The van der Waals surface area contributed by atoms with Crippen LogP contribution in [0.3, 0.4) is 0 Å². The summed E-state index contributed by atoms with van der Waals surface area (Å²) in [6.07, 6.45) is 1.63. The molecule has 4 heterocycles. The van der Waals surface area contributed by atoms with Crippen LogP contribution >= 0.6 is 22.9 Å². The lowest BCUT2D eigenvalue weighted by atomic mass is 10.2. The molecule has 0 unspecified atom stereocenters. The monoisotopic (exact) mass is 433 g/mol. The predicted octanol–water partition coefficient (Wildman–Crippen LogP) is 2.42. The molecule has 8 nitrogen and oxygen atoms in total. The van der Waals surface area contributed by atoms with Gasteiger partial charge in [-0.3, -0.25) is 14.7 Å². The summed E-state index contributed by atoms with van der Waals surface area (Å²) < 4.78 is 7.43. The number of rotatable bonds is 6. The molecule has 0 radical (unpaired) electrons. The minimum atomic E-state index is -0.241. The number of carbonyl (C=O) groups excluding carboxylic acids is 1. The molecular weight excluding hydrogens is 414 g/mol. The van der Waals surface area contributed by atoms with E-state index in [1.54, 1.807) is 29.3 Å². The van der Waals surface area contributed by atoms with E-state index in [0.717, 1.165) is 9.21 Å². The fraction of sp³-hybridized carbons (Fsp3) is 0.316. The number of aromatic nitrogens is 3. The molecule has 1 amide bonds. The van der Waals surface area contributed by atoms with Crippen molar-refractivity contribution in [1.82, 2.24) is 19.7 Å². The first-order valence-corrected chi connectivity index (χ1v) is 10.4. The number of amides is 1. The quantitative estimate of drug-likeness (QED) is 0.622. The van der Waals surface area contributed by atoms with Crippen molar-refractivity contribution in [3.05, 3.63) is 56.1 Å². The van der Waals surface area contributed by atoms with Gasteiger partial charge in [0.25, 0.3) is 5.56 Å². The van der Waals surface area contributed by atoms with Gasteiger partial charge in [-0.25, -0.2) is 0 Å². The zero-order valence-electron chi connectivity index (χ0n) is 15.6. The van der Waals surface area contributed by atoms with Crippen LogP contribution in [-0.4, -0.2) is 51.9 Å². The third-order valence-electron chi connectivity index (χ3n) is 4.63. The summed E-state index contributed by atoms with van der Waals surface area (Å²) in [4.78, 5) is 28.1. The van der Waals surface area contributed by atoms with E-state index in [9.17, 15) is 9.59 Å². The van der Waals surface area contributed by atoms with E-state index < -0.39 is 0 Å². The minimum Gasteiger partial charge on any atom is -0.378 e. The molecule has 1 aliphatic heterocycles. The number of morpholine rings is 1. The van der Waals surface area contributed by atoms with Crippen LogP contribution in [0, 0.1) is 0 Å². The molecule has 0 atom stereocenters. The number of pyridine rings is 1. The second kappa shape index (κ2) is 8.81. The Morgan fingerprint density at radius 2 is 2.14 bits per heavy atom. The van der Waals surface area contributed by atoms with E-state index in [-0.39, 0.29) is 18.0 Å². The van der Waals surface area contributed by atoms with E-state index >= 15 is 0 Å². The van der Waals surface area contributed by atoms with Crippen LogP contribution in [0.25, 0.3) is 11.3 Å². The number of aromatic amines is 1. The molecule has 1 aliphatic rings. The number of nitrogens with one attached hydrogen (secondary N) is 2. The van der Waals surface area contributed by atoms with Gasteiger partial charge in [0.1, 0.15) is 12.4 Å². The molecule has 1 saturated heterocycles. The molecule has 0 spiro atoms. The van der Waals surface area contributed by atoms with E-state index in [0.29, 0.717) is 49.9 Å². The maximum Gasteiger partial charge on any atom is 0.260 e. The second-order valence-corrected chi connectivity index (χ2v) is 8.37. The van der Waals surface area contributed by atoms with Gasteiger partial charge >= 0.3 is 0 Å². The van der Waals surface area contributed by atoms with Gasteiger partial charge in [-0.1, -0.05) is 11.6 Å². The van der Waals surface area contributed by atoms with Crippen LogP contribution < -0.4 is 10.9 Å². The molecule has 1 fully saturated rings. The van der Waals surface area contributed by atoms with Gasteiger partial charge < -0.3 is 19.5 Å². The number of thiophene rings is 1. The summed E-state index contributed by atoms with van der Waals surface area (Å²) in [7, 11) is 0. The highest BCUT2D eigenvalue weighted by molar-refractivity contribution is 7.16. The molecule has 29 heavy (non-hydrogen) atoms. The van der Waals surface area contributed by atoms with Crippen LogP contribution in [0.2, 0.25) is 4.34 Å². The summed E-state index contributed by atoms with van der Waals surface area (Å²) >= 11 is 7.44. The molecule has 0 aromatic carbocycles. The number of hydrogen-bond donors (Lipinski definition) is 2. The van der Waals surface area contributed by atoms with E-state index in [1.807, 2.05) is 12.1 Å². The maximum absolute atomic E-state index is 12.9. The third kappa shape index (κ3) is 4.69. The fourth-order valence-electron chi connectivity index (χ4n) is 3.10. The Morgan fingerprint density at radius 1 is 1.31 bits per heavy atom. The van der Waals surface area contributed by atoms with Crippen molar-refractivity contribution in [3.63, 3.8) is 0 Å². The molecule has 3 aromatic heterocycles. The van der Waals surface area contributed by atoms with Crippen molar-refractivity contribution in [2.45, 2.75) is 13.1 Å². The van der Waals surface area contributed by atoms with Gasteiger partial charge in [0.05, 0.1) is 35.4 Å². The van der Waals surface area contributed by atoms with E-state index in [4.69, 9.17) is 16.3 Å². The first-order valence-electron chi connectivity index (χ1n) is 9.19. The normalized spacial score (nSPS) is 14.2. The molecule has 3 aromatic rings. The maximum atomic E-state index is 12.9. The van der Waals surface area contributed by atoms with Gasteiger partial charge in [0.15, 0.2) is 0 Å². The van der Waals surface area contributed by atoms with Crippen molar-refractivity contribution < 1.29 is 9.53 Å². The van der Waals surface area contributed by atoms with Crippen molar-refractivity contribution in [3.8, 4) is 11.3 Å². The van der Waals surface area contributed by atoms with Gasteiger partial charge in [0.2, 0.25) is 5.91 Å². The van der Waals surface area contributed by atoms with Crippen molar-refractivity contribution in [2.24, 2.45) is 0 Å². The first kappa shape index (κ1) is 19.7.